The van der Waals surface area contributed by atoms with Crippen molar-refractivity contribution in [3.63, 3.8) is 0 Å². The van der Waals surface area contributed by atoms with E-state index in [0.29, 0.717) is 17.3 Å². The number of thioether (sulfide) groups is 1. The Morgan fingerprint density at radius 1 is 0.968 bits per heavy atom. The zero-order chi connectivity index (χ0) is 21.6. The average molecular weight is 469 g/mol. The molecule has 31 heavy (non-hydrogen) atoms. The third kappa shape index (κ3) is 6.09. The zero-order valence-corrected chi connectivity index (χ0v) is 19.4. The smallest absolute Gasteiger partial charge is 0.282 e. The van der Waals surface area contributed by atoms with Gasteiger partial charge in [-0.25, -0.2) is 0 Å². The topological polar surface area (TPSA) is 92.7 Å². The van der Waals surface area contributed by atoms with E-state index < -0.39 is 0 Å². The van der Waals surface area contributed by atoms with Crippen LogP contribution in [0, 0.1) is 13.8 Å². The molecule has 10 heteroatoms. The minimum absolute atomic E-state index is 0.213. The van der Waals surface area contributed by atoms with Gasteiger partial charge in [0.15, 0.2) is 4.34 Å². The molecule has 2 aromatic heterocycles. The van der Waals surface area contributed by atoms with Crippen molar-refractivity contribution < 1.29 is 4.79 Å². The molecule has 0 aliphatic carbocycles. The predicted octanol–water partition coefficient (Wildman–Crippen LogP) is 4.97. The molecule has 0 atom stereocenters. The Bertz CT molecular complexity index is 1170. The lowest BCUT2D eigenvalue weighted by molar-refractivity contribution is 0.0950. The maximum Gasteiger partial charge on any atom is 0.282 e. The highest BCUT2D eigenvalue weighted by molar-refractivity contribution is 8.00. The summed E-state index contributed by atoms with van der Waals surface area (Å²) >= 11 is 4.30. The second kappa shape index (κ2) is 9.99. The van der Waals surface area contributed by atoms with Crippen molar-refractivity contribution in [3.8, 4) is 0 Å². The van der Waals surface area contributed by atoms with Crippen LogP contribution in [0.25, 0.3) is 0 Å². The van der Waals surface area contributed by atoms with Crippen molar-refractivity contribution in [1.82, 2.24) is 25.7 Å². The lowest BCUT2D eigenvalue weighted by Gasteiger charge is -2.03. The van der Waals surface area contributed by atoms with Gasteiger partial charge in [0.05, 0.1) is 5.75 Å². The molecule has 0 spiro atoms. The van der Waals surface area contributed by atoms with Crippen molar-refractivity contribution >= 4 is 51.2 Å². The van der Waals surface area contributed by atoms with Crippen LogP contribution in [0.1, 0.15) is 31.5 Å². The third-order valence-corrected chi connectivity index (χ3v) is 7.32. The maximum atomic E-state index is 12.3. The van der Waals surface area contributed by atoms with Crippen LogP contribution in [0.5, 0.6) is 0 Å². The van der Waals surface area contributed by atoms with E-state index >= 15 is 0 Å². The maximum absolute atomic E-state index is 12.3. The molecule has 1 amide bonds. The van der Waals surface area contributed by atoms with Gasteiger partial charge >= 0.3 is 0 Å². The minimum Gasteiger partial charge on any atom is -0.346 e. The summed E-state index contributed by atoms with van der Waals surface area (Å²) in [7, 11) is 0. The molecule has 0 aliphatic heterocycles. The molecular weight excluding hydrogens is 448 g/mol. The Labute approximate surface area is 192 Å². The number of hydrogen-bond acceptors (Lipinski definition) is 9. The molecule has 0 unspecified atom stereocenters. The molecule has 2 N–H and O–H groups in total. The fourth-order valence-corrected chi connectivity index (χ4v) is 5.17. The summed E-state index contributed by atoms with van der Waals surface area (Å²) < 4.78 is 0.829. The van der Waals surface area contributed by atoms with Gasteiger partial charge in [0.1, 0.15) is 5.01 Å². The molecule has 4 rings (SSSR count). The van der Waals surface area contributed by atoms with Gasteiger partial charge in [-0.05, 0) is 37.1 Å². The molecule has 2 heterocycles. The van der Waals surface area contributed by atoms with Crippen LogP contribution in [0.4, 0.5) is 10.8 Å². The van der Waals surface area contributed by atoms with Gasteiger partial charge in [-0.2, -0.15) is 0 Å². The van der Waals surface area contributed by atoms with Crippen LogP contribution in [-0.2, 0) is 12.3 Å². The number of nitrogens with zero attached hydrogens (tertiary/aromatic N) is 4. The lowest BCUT2D eigenvalue weighted by Crippen LogP contribution is -2.22. The summed E-state index contributed by atoms with van der Waals surface area (Å²) in [6.45, 7) is 4.54. The first-order chi connectivity index (χ1) is 15.0. The van der Waals surface area contributed by atoms with Gasteiger partial charge in [0.25, 0.3) is 5.91 Å². The summed E-state index contributed by atoms with van der Waals surface area (Å²) in [6, 6.07) is 16.1. The van der Waals surface area contributed by atoms with Crippen molar-refractivity contribution in [3.05, 3.63) is 75.2 Å². The number of anilines is 2. The fourth-order valence-electron chi connectivity index (χ4n) is 2.66. The van der Waals surface area contributed by atoms with E-state index in [4.69, 9.17) is 0 Å². The molecular formula is C21H20N6OS3. The number of benzene rings is 2. The first-order valence-corrected chi connectivity index (χ1v) is 12.1. The summed E-state index contributed by atoms with van der Waals surface area (Å²) in [5, 5.41) is 24.6. The second-order valence-corrected chi connectivity index (χ2v) is 10.1. The number of hydrogen-bond donors (Lipinski definition) is 2. The third-order valence-electron chi connectivity index (χ3n) is 4.23. The van der Waals surface area contributed by atoms with Gasteiger partial charge in [0, 0.05) is 12.2 Å². The van der Waals surface area contributed by atoms with Gasteiger partial charge in [-0.1, -0.05) is 76.4 Å². The largest absolute Gasteiger partial charge is 0.346 e. The summed E-state index contributed by atoms with van der Waals surface area (Å²) in [4.78, 5) is 12.3. The van der Waals surface area contributed by atoms with Crippen LogP contribution in [0.15, 0.2) is 52.9 Å². The summed E-state index contributed by atoms with van der Waals surface area (Å²) in [5.41, 5.74) is 4.40. The van der Waals surface area contributed by atoms with E-state index in [1.807, 2.05) is 56.3 Å². The molecule has 0 aliphatic rings. The number of carbonyl (C=O) groups excluding carboxylic acids is 1. The van der Waals surface area contributed by atoms with E-state index in [9.17, 15) is 4.79 Å². The van der Waals surface area contributed by atoms with Crippen molar-refractivity contribution in [2.45, 2.75) is 30.5 Å². The van der Waals surface area contributed by atoms with Gasteiger partial charge < -0.3 is 10.6 Å². The van der Waals surface area contributed by atoms with Crippen LogP contribution < -0.4 is 10.6 Å². The highest BCUT2D eigenvalue weighted by Gasteiger charge is 2.14. The molecule has 158 valence electrons. The van der Waals surface area contributed by atoms with Crippen molar-refractivity contribution in [1.29, 1.82) is 0 Å². The molecule has 0 fully saturated rings. The van der Waals surface area contributed by atoms with E-state index in [1.54, 1.807) is 0 Å². The number of nitrogens with one attached hydrogen (secondary N) is 2. The number of aromatic nitrogens is 4. The van der Waals surface area contributed by atoms with Crippen LogP contribution in [0.2, 0.25) is 0 Å². The molecule has 2 aromatic carbocycles. The van der Waals surface area contributed by atoms with E-state index in [1.165, 1.54) is 45.6 Å². The molecule has 0 saturated carbocycles. The average Bonchev–Trinajstić information content (AvgIpc) is 3.41. The van der Waals surface area contributed by atoms with Gasteiger partial charge in [0.2, 0.25) is 10.1 Å². The fraction of sp³-hybridized carbons (Fsp3) is 0.190. The summed E-state index contributed by atoms with van der Waals surface area (Å²) in [5.74, 6) is 0.372. The van der Waals surface area contributed by atoms with Gasteiger partial charge in [-0.15, -0.1) is 20.4 Å². The Hall–Kier alpha value is -2.82. The van der Waals surface area contributed by atoms with E-state index in [0.717, 1.165) is 25.7 Å². The van der Waals surface area contributed by atoms with Crippen LogP contribution in [0.3, 0.4) is 0 Å². The van der Waals surface area contributed by atoms with E-state index in [2.05, 4.69) is 37.1 Å². The standard InChI is InChI=1S/C21H20N6OS3/c1-13-6-8-15(9-7-13)11-22-18(28)19-25-24-17(30-19)12-29-21-27-26-20(31-21)23-16-5-3-4-14(2)10-16/h3-10H,11-12H2,1-2H3,(H,22,28)(H,23,26). The lowest BCUT2D eigenvalue weighted by atomic mass is 10.1. The Kier molecular flexibility index (Phi) is 6.90. The molecule has 0 radical (unpaired) electrons. The second-order valence-electron chi connectivity index (χ2n) is 6.83. The molecule has 7 nitrogen and oxygen atoms in total. The van der Waals surface area contributed by atoms with Crippen molar-refractivity contribution in [2.75, 3.05) is 5.32 Å². The normalized spacial score (nSPS) is 10.8. The van der Waals surface area contributed by atoms with Crippen LogP contribution >= 0.6 is 34.4 Å². The van der Waals surface area contributed by atoms with Gasteiger partial charge in [-0.3, -0.25) is 4.79 Å². The monoisotopic (exact) mass is 468 g/mol. The first-order valence-electron chi connectivity index (χ1n) is 9.51. The first kappa shape index (κ1) is 21.4. The Morgan fingerprint density at radius 3 is 2.61 bits per heavy atom. The van der Waals surface area contributed by atoms with Crippen molar-refractivity contribution in [2.24, 2.45) is 0 Å². The van der Waals surface area contributed by atoms with E-state index in [-0.39, 0.29) is 5.91 Å². The number of aryl methyl sites for hydroxylation is 2. The Morgan fingerprint density at radius 2 is 1.81 bits per heavy atom. The van der Waals surface area contributed by atoms with Crippen LogP contribution in [-0.4, -0.2) is 26.3 Å². The quantitative estimate of drug-likeness (QED) is 0.353. The number of rotatable bonds is 8. The molecule has 0 saturated heterocycles. The molecule has 0 bridgehead atoms. The minimum atomic E-state index is -0.213. The zero-order valence-electron chi connectivity index (χ0n) is 17.0. The number of amides is 1. The Balaban J connectivity index is 1.27. The SMILES string of the molecule is Cc1ccc(CNC(=O)c2nnc(CSc3nnc(Nc4cccc(C)c4)s3)s2)cc1. The molecule has 4 aromatic rings. The highest BCUT2D eigenvalue weighted by Crippen LogP contribution is 2.30. The number of carbonyl (C=O) groups is 1. The summed E-state index contributed by atoms with van der Waals surface area (Å²) in [6.07, 6.45) is 0. The highest BCUT2D eigenvalue weighted by atomic mass is 32.2. The predicted molar refractivity (Wildman–Crippen MR) is 126 cm³/mol.